The van der Waals surface area contributed by atoms with Crippen molar-refractivity contribution in [1.82, 2.24) is 9.80 Å². The molecule has 2 aromatic carbocycles. The predicted molar refractivity (Wildman–Crippen MR) is 110 cm³/mol. The van der Waals surface area contributed by atoms with E-state index in [9.17, 15) is 5.11 Å². The second kappa shape index (κ2) is 7.78. The molecule has 0 radical (unpaired) electrons. The molecular weight excluding hydrogens is 336 g/mol. The Morgan fingerprint density at radius 1 is 1.04 bits per heavy atom. The van der Waals surface area contributed by atoms with Gasteiger partial charge in [-0.25, -0.2) is 0 Å². The first-order valence-corrected chi connectivity index (χ1v) is 10.3. The molecule has 146 valence electrons. The van der Waals surface area contributed by atoms with Crippen molar-refractivity contribution in [3.05, 3.63) is 42.0 Å². The molecule has 1 saturated carbocycles. The highest BCUT2D eigenvalue weighted by Gasteiger charge is 2.41. The molecule has 0 aromatic heterocycles. The lowest BCUT2D eigenvalue weighted by Crippen LogP contribution is -2.50. The minimum Gasteiger partial charge on any atom is -0.497 e. The molecule has 0 bridgehead atoms. The van der Waals surface area contributed by atoms with Crippen LogP contribution in [-0.2, 0) is 5.60 Å². The lowest BCUT2D eigenvalue weighted by molar-refractivity contribution is -0.0683. The van der Waals surface area contributed by atoms with Crippen LogP contribution in [0.5, 0.6) is 5.75 Å². The summed E-state index contributed by atoms with van der Waals surface area (Å²) < 4.78 is 5.34. The van der Waals surface area contributed by atoms with Crippen LogP contribution in [0.2, 0.25) is 0 Å². The van der Waals surface area contributed by atoms with Crippen LogP contribution < -0.4 is 4.74 Å². The quantitative estimate of drug-likeness (QED) is 0.896. The fraction of sp³-hybridized carbons (Fsp3) is 0.565. The van der Waals surface area contributed by atoms with E-state index in [0.717, 1.165) is 68.7 Å². The van der Waals surface area contributed by atoms with Crippen LogP contribution in [0.1, 0.15) is 31.2 Å². The zero-order valence-corrected chi connectivity index (χ0v) is 16.7. The Labute approximate surface area is 162 Å². The third-order valence-electron chi connectivity index (χ3n) is 6.66. The van der Waals surface area contributed by atoms with Crippen molar-refractivity contribution in [3.63, 3.8) is 0 Å². The van der Waals surface area contributed by atoms with Gasteiger partial charge in [0.2, 0.25) is 0 Å². The number of methoxy groups -OCH3 is 1. The highest BCUT2D eigenvalue weighted by atomic mass is 16.5. The summed E-state index contributed by atoms with van der Waals surface area (Å²) in [7, 11) is 3.89. The van der Waals surface area contributed by atoms with Crippen molar-refractivity contribution in [3.8, 4) is 5.75 Å². The maximum atomic E-state index is 11.8. The van der Waals surface area contributed by atoms with Gasteiger partial charge in [-0.3, -0.25) is 0 Å². The van der Waals surface area contributed by atoms with Crippen LogP contribution in [-0.4, -0.2) is 61.8 Å². The fourth-order valence-electron chi connectivity index (χ4n) is 4.81. The Bertz CT molecular complexity index is 785. The van der Waals surface area contributed by atoms with E-state index in [1.165, 1.54) is 11.8 Å². The van der Waals surface area contributed by atoms with E-state index < -0.39 is 5.60 Å². The van der Waals surface area contributed by atoms with Gasteiger partial charge in [-0.05, 0) is 54.4 Å². The predicted octanol–water partition coefficient (Wildman–Crippen LogP) is 3.47. The highest BCUT2D eigenvalue weighted by Crippen LogP contribution is 2.43. The summed E-state index contributed by atoms with van der Waals surface area (Å²) >= 11 is 0. The first kappa shape index (κ1) is 18.7. The molecule has 27 heavy (non-hydrogen) atoms. The van der Waals surface area contributed by atoms with Crippen molar-refractivity contribution >= 4 is 10.8 Å². The third kappa shape index (κ3) is 3.84. The highest BCUT2D eigenvalue weighted by molar-refractivity contribution is 5.84. The molecule has 2 aromatic rings. The number of benzene rings is 2. The molecule has 0 amide bonds. The summed E-state index contributed by atoms with van der Waals surface area (Å²) in [6.07, 6.45) is 4.32. The normalized spacial score (nSPS) is 27.7. The lowest BCUT2D eigenvalue weighted by Gasteiger charge is -2.44. The molecule has 2 fully saturated rings. The summed E-state index contributed by atoms with van der Waals surface area (Å²) in [5.41, 5.74) is 0.370. The second-order valence-corrected chi connectivity index (χ2v) is 8.40. The van der Waals surface area contributed by atoms with Crippen molar-refractivity contribution < 1.29 is 9.84 Å². The van der Waals surface area contributed by atoms with Crippen molar-refractivity contribution in [2.45, 2.75) is 31.3 Å². The number of likely N-dealkylation sites (N-methyl/N-ethyl adjacent to an activating group) is 1. The summed E-state index contributed by atoms with van der Waals surface area (Å²) in [5.74, 6) is 1.19. The molecule has 1 aliphatic carbocycles. The number of hydrogen-bond donors (Lipinski definition) is 1. The minimum atomic E-state index is -0.713. The average molecular weight is 369 g/mol. The maximum Gasteiger partial charge on any atom is 0.119 e. The lowest BCUT2D eigenvalue weighted by atomic mass is 9.71. The zero-order chi connectivity index (χ0) is 18.9. The van der Waals surface area contributed by atoms with E-state index in [-0.39, 0.29) is 0 Å². The summed E-state index contributed by atoms with van der Waals surface area (Å²) in [5, 5.41) is 14.1. The molecule has 1 saturated heterocycles. The summed E-state index contributed by atoms with van der Waals surface area (Å²) in [4.78, 5) is 4.94. The van der Waals surface area contributed by atoms with E-state index in [1.807, 2.05) is 6.07 Å². The summed E-state index contributed by atoms with van der Waals surface area (Å²) in [6, 6.07) is 12.6. The maximum absolute atomic E-state index is 11.8. The molecule has 2 unspecified atom stereocenters. The van der Waals surface area contributed by atoms with E-state index in [2.05, 4.69) is 47.2 Å². The first-order valence-electron chi connectivity index (χ1n) is 10.3. The van der Waals surface area contributed by atoms with Gasteiger partial charge in [-0.15, -0.1) is 0 Å². The van der Waals surface area contributed by atoms with Crippen LogP contribution in [0.15, 0.2) is 36.4 Å². The Hall–Kier alpha value is -1.62. The SMILES string of the molecule is COc1ccc2cc(C3(O)CCCCC3CN3CCN(C)CC3)ccc2c1. The van der Waals surface area contributed by atoms with Crippen molar-refractivity contribution in [2.75, 3.05) is 46.9 Å². The molecule has 0 spiro atoms. The third-order valence-corrected chi connectivity index (χ3v) is 6.66. The monoisotopic (exact) mass is 368 g/mol. The van der Waals surface area contributed by atoms with Crippen LogP contribution in [0.25, 0.3) is 10.8 Å². The summed E-state index contributed by atoms with van der Waals surface area (Å²) in [6.45, 7) is 5.48. The molecule has 4 heteroatoms. The Kier molecular flexibility index (Phi) is 5.40. The number of piperazine rings is 1. The first-order chi connectivity index (χ1) is 13.1. The van der Waals surface area contributed by atoms with Crippen LogP contribution in [0.3, 0.4) is 0 Å². The average Bonchev–Trinajstić information content (AvgIpc) is 2.70. The van der Waals surface area contributed by atoms with Gasteiger partial charge in [0, 0.05) is 38.6 Å². The van der Waals surface area contributed by atoms with E-state index in [4.69, 9.17) is 4.74 Å². The number of nitrogens with zero attached hydrogens (tertiary/aromatic N) is 2. The number of hydrogen-bond acceptors (Lipinski definition) is 4. The Balaban J connectivity index is 1.59. The fourth-order valence-corrected chi connectivity index (χ4v) is 4.81. The topological polar surface area (TPSA) is 35.9 Å². The molecule has 4 rings (SSSR count). The van der Waals surface area contributed by atoms with Crippen molar-refractivity contribution in [2.24, 2.45) is 5.92 Å². The minimum absolute atomic E-state index is 0.311. The molecule has 4 nitrogen and oxygen atoms in total. The van der Waals surface area contributed by atoms with Gasteiger partial charge in [0.1, 0.15) is 5.75 Å². The zero-order valence-electron chi connectivity index (χ0n) is 16.7. The van der Waals surface area contributed by atoms with Gasteiger partial charge in [0.25, 0.3) is 0 Å². The van der Waals surface area contributed by atoms with Gasteiger partial charge in [-0.1, -0.05) is 31.0 Å². The van der Waals surface area contributed by atoms with Gasteiger partial charge >= 0.3 is 0 Å². The molecular formula is C23H32N2O2. The van der Waals surface area contributed by atoms with Crippen molar-refractivity contribution in [1.29, 1.82) is 0 Å². The van der Waals surface area contributed by atoms with Gasteiger partial charge in [0.05, 0.1) is 12.7 Å². The van der Waals surface area contributed by atoms with Crippen LogP contribution in [0.4, 0.5) is 0 Å². The molecule has 1 aliphatic heterocycles. The van der Waals surface area contributed by atoms with Gasteiger partial charge in [0.15, 0.2) is 0 Å². The molecule has 1 heterocycles. The standard InChI is InChI=1S/C23H32N2O2/c1-24-11-13-25(14-12-24)17-21-5-3-4-10-23(21,26)20-8-6-19-16-22(27-2)9-7-18(19)15-20/h6-9,15-16,21,26H,3-5,10-14,17H2,1-2H3. The second-order valence-electron chi connectivity index (χ2n) is 8.40. The number of aliphatic hydroxyl groups is 1. The largest absolute Gasteiger partial charge is 0.497 e. The number of rotatable bonds is 4. The number of fused-ring (bicyclic) bond motifs is 1. The van der Waals surface area contributed by atoms with Gasteiger partial charge < -0.3 is 19.6 Å². The smallest absolute Gasteiger partial charge is 0.119 e. The Morgan fingerprint density at radius 3 is 2.56 bits per heavy atom. The number of ether oxygens (including phenoxy) is 1. The van der Waals surface area contributed by atoms with E-state index >= 15 is 0 Å². The van der Waals surface area contributed by atoms with Crippen LogP contribution >= 0.6 is 0 Å². The van der Waals surface area contributed by atoms with E-state index in [0.29, 0.717) is 5.92 Å². The Morgan fingerprint density at radius 2 is 1.78 bits per heavy atom. The molecule has 2 atom stereocenters. The van der Waals surface area contributed by atoms with Crippen LogP contribution in [0, 0.1) is 5.92 Å². The molecule has 2 aliphatic rings. The molecule has 1 N–H and O–H groups in total. The van der Waals surface area contributed by atoms with Gasteiger partial charge in [-0.2, -0.15) is 0 Å². The van der Waals surface area contributed by atoms with E-state index in [1.54, 1.807) is 7.11 Å².